The first-order chi connectivity index (χ1) is 8.12. The molecule has 0 amide bonds. The second-order valence-corrected chi connectivity index (χ2v) is 5.26. The summed E-state index contributed by atoms with van der Waals surface area (Å²) in [4.78, 5) is 17.5. The minimum absolute atomic E-state index is 0.309. The van der Waals surface area contributed by atoms with Gasteiger partial charge in [-0.1, -0.05) is 0 Å². The van der Waals surface area contributed by atoms with Crippen LogP contribution in [0.15, 0.2) is 10.9 Å². The van der Waals surface area contributed by atoms with Gasteiger partial charge in [0, 0.05) is 25.1 Å². The zero-order chi connectivity index (χ0) is 12.3. The SMILES string of the molecule is CN(Cc1cscn1)CC1(C(=O)O)CCOC1. The lowest BCUT2D eigenvalue weighted by molar-refractivity contribution is -0.150. The van der Waals surface area contributed by atoms with Crippen molar-refractivity contribution in [3.8, 4) is 0 Å². The molecule has 1 saturated heterocycles. The van der Waals surface area contributed by atoms with Gasteiger partial charge in [0.15, 0.2) is 0 Å². The second kappa shape index (κ2) is 5.12. The first-order valence-corrected chi connectivity index (χ1v) is 6.43. The van der Waals surface area contributed by atoms with E-state index in [-0.39, 0.29) is 0 Å². The molecule has 94 valence electrons. The van der Waals surface area contributed by atoms with Crippen LogP contribution in [0, 0.1) is 5.41 Å². The molecule has 0 aromatic carbocycles. The molecule has 6 heteroatoms. The average molecular weight is 256 g/mol. The highest BCUT2D eigenvalue weighted by Gasteiger charge is 2.43. The highest BCUT2D eigenvalue weighted by molar-refractivity contribution is 7.07. The number of aromatic nitrogens is 1. The van der Waals surface area contributed by atoms with Crippen molar-refractivity contribution < 1.29 is 14.6 Å². The molecule has 1 fully saturated rings. The molecule has 0 radical (unpaired) electrons. The number of carbonyl (C=O) groups is 1. The van der Waals surface area contributed by atoms with Gasteiger partial charge in [-0.2, -0.15) is 0 Å². The number of nitrogens with zero attached hydrogens (tertiary/aromatic N) is 2. The number of thiazole rings is 1. The lowest BCUT2D eigenvalue weighted by Gasteiger charge is -2.27. The summed E-state index contributed by atoms with van der Waals surface area (Å²) in [6, 6.07) is 0. The summed E-state index contributed by atoms with van der Waals surface area (Å²) in [6.07, 6.45) is 0.587. The monoisotopic (exact) mass is 256 g/mol. The normalized spacial score (nSPS) is 24.4. The Bertz CT molecular complexity index is 374. The molecule has 1 aromatic heterocycles. The van der Waals surface area contributed by atoms with E-state index >= 15 is 0 Å². The molecular formula is C11H16N2O3S. The van der Waals surface area contributed by atoms with E-state index in [2.05, 4.69) is 4.98 Å². The highest BCUT2D eigenvalue weighted by Crippen LogP contribution is 2.30. The van der Waals surface area contributed by atoms with Gasteiger partial charge in [-0.25, -0.2) is 4.98 Å². The van der Waals surface area contributed by atoms with Crippen molar-refractivity contribution in [2.75, 3.05) is 26.8 Å². The quantitative estimate of drug-likeness (QED) is 0.853. The molecule has 0 saturated carbocycles. The summed E-state index contributed by atoms with van der Waals surface area (Å²) < 4.78 is 5.24. The molecule has 2 rings (SSSR count). The fourth-order valence-electron chi connectivity index (χ4n) is 2.13. The van der Waals surface area contributed by atoms with Crippen molar-refractivity contribution in [2.45, 2.75) is 13.0 Å². The Hall–Kier alpha value is -0.980. The van der Waals surface area contributed by atoms with Gasteiger partial charge in [0.2, 0.25) is 0 Å². The number of hydrogen-bond donors (Lipinski definition) is 1. The van der Waals surface area contributed by atoms with Crippen molar-refractivity contribution in [1.82, 2.24) is 9.88 Å². The van der Waals surface area contributed by atoms with Crippen LogP contribution >= 0.6 is 11.3 Å². The largest absolute Gasteiger partial charge is 0.481 e. The van der Waals surface area contributed by atoms with Crippen molar-refractivity contribution in [2.24, 2.45) is 5.41 Å². The molecule has 1 aromatic rings. The molecule has 17 heavy (non-hydrogen) atoms. The summed E-state index contributed by atoms with van der Waals surface area (Å²) in [5, 5.41) is 11.3. The van der Waals surface area contributed by atoms with Crippen molar-refractivity contribution in [1.29, 1.82) is 0 Å². The third-order valence-corrected chi connectivity index (χ3v) is 3.68. The molecule has 2 heterocycles. The molecule has 1 N–H and O–H groups in total. The summed E-state index contributed by atoms with van der Waals surface area (Å²) >= 11 is 1.55. The van der Waals surface area contributed by atoms with Gasteiger partial charge in [0.05, 0.1) is 17.8 Å². The first-order valence-electron chi connectivity index (χ1n) is 5.49. The summed E-state index contributed by atoms with van der Waals surface area (Å²) in [6.45, 7) is 2.03. The van der Waals surface area contributed by atoms with E-state index in [0.717, 1.165) is 5.69 Å². The van der Waals surface area contributed by atoms with E-state index in [4.69, 9.17) is 4.74 Å². The Morgan fingerprint density at radius 2 is 2.59 bits per heavy atom. The first kappa shape index (κ1) is 12.5. The molecule has 1 atom stereocenters. The molecular weight excluding hydrogens is 240 g/mol. The number of hydrogen-bond acceptors (Lipinski definition) is 5. The number of aliphatic carboxylic acids is 1. The number of ether oxygens (including phenoxy) is 1. The summed E-state index contributed by atoms with van der Waals surface area (Å²) in [5.74, 6) is -0.764. The van der Waals surface area contributed by atoms with Crippen molar-refractivity contribution in [3.63, 3.8) is 0 Å². The summed E-state index contributed by atoms with van der Waals surface area (Å²) in [7, 11) is 1.92. The molecule has 1 aliphatic heterocycles. The minimum atomic E-state index is -0.764. The zero-order valence-corrected chi connectivity index (χ0v) is 10.6. The van der Waals surface area contributed by atoms with Gasteiger partial charge < -0.3 is 9.84 Å². The van der Waals surface area contributed by atoms with Gasteiger partial charge >= 0.3 is 5.97 Å². The van der Waals surface area contributed by atoms with E-state index in [0.29, 0.717) is 32.7 Å². The Morgan fingerprint density at radius 3 is 3.12 bits per heavy atom. The lowest BCUT2D eigenvalue weighted by atomic mass is 9.87. The molecule has 1 aliphatic rings. The number of rotatable bonds is 5. The van der Waals surface area contributed by atoms with Crippen molar-refractivity contribution >= 4 is 17.3 Å². The van der Waals surface area contributed by atoms with E-state index in [1.807, 2.05) is 17.3 Å². The predicted octanol–water partition coefficient (Wildman–Crippen LogP) is 1.07. The lowest BCUT2D eigenvalue weighted by Crippen LogP contribution is -2.42. The van der Waals surface area contributed by atoms with Gasteiger partial charge in [-0.3, -0.25) is 9.69 Å². The van der Waals surface area contributed by atoms with Crippen LogP contribution in [0.2, 0.25) is 0 Å². The molecule has 1 unspecified atom stereocenters. The van der Waals surface area contributed by atoms with Crippen LogP contribution in [-0.2, 0) is 16.1 Å². The highest BCUT2D eigenvalue weighted by atomic mass is 32.1. The Kier molecular flexibility index (Phi) is 3.76. The third kappa shape index (κ3) is 2.83. The topological polar surface area (TPSA) is 62.7 Å². The van der Waals surface area contributed by atoms with Crippen LogP contribution in [0.25, 0.3) is 0 Å². The smallest absolute Gasteiger partial charge is 0.313 e. The zero-order valence-electron chi connectivity index (χ0n) is 9.76. The minimum Gasteiger partial charge on any atom is -0.481 e. The van der Waals surface area contributed by atoms with Crippen molar-refractivity contribution in [3.05, 3.63) is 16.6 Å². The number of carboxylic acid groups (broad SMARTS) is 1. The fourth-order valence-corrected chi connectivity index (χ4v) is 2.68. The third-order valence-electron chi connectivity index (χ3n) is 3.04. The fraction of sp³-hybridized carbons (Fsp3) is 0.636. The van der Waals surface area contributed by atoms with Crippen LogP contribution in [0.1, 0.15) is 12.1 Å². The van der Waals surface area contributed by atoms with Crippen LogP contribution in [0.5, 0.6) is 0 Å². The van der Waals surface area contributed by atoms with E-state index in [1.54, 1.807) is 16.8 Å². The molecule has 0 spiro atoms. The summed E-state index contributed by atoms with van der Waals surface area (Å²) in [5.41, 5.74) is 2.02. The van der Waals surface area contributed by atoms with Crippen LogP contribution in [-0.4, -0.2) is 47.8 Å². The van der Waals surface area contributed by atoms with Crippen LogP contribution in [0.3, 0.4) is 0 Å². The standard InChI is InChI=1S/C11H16N2O3S/c1-13(4-9-5-17-8-12-9)6-11(10(14)15)2-3-16-7-11/h5,8H,2-4,6-7H2,1H3,(H,14,15). The molecule has 5 nitrogen and oxygen atoms in total. The predicted molar refractivity (Wildman–Crippen MR) is 64.0 cm³/mol. The maximum absolute atomic E-state index is 11.3. The molecule has 0 bridgehead atoms. The van der Waals surface area contributed by atoms with E-state index < -0.39 is 11.4 Å². The maximum Gasteiger partial charge on any atom is 0.313 e. The molecule has 0 aliphatic carbocycles. The Balaban J connectivity index is 1.96. The number of carboxylic acids is 1. The van der Waals surface area contributed by atoms with Crippen LogP contribution in [0.4, 0.5) is 0 Å². The van der Waals surface area contributed by atoms with Gasteiger partial charge in [-0.05, 0) is 13.5 Å². The van der Waals surface area contributed by atoms with E-state index in [1.165, 1.54) is 0 Å². The average Bonchev–Trinajstić information content (AvgIpc) is 2.89. The second-order valence-electron chi connectivity index (χ2n) is 4.54. The van der Waals surface area contributed by atoms with Crippen LogP contribution < -0.4 is 0 Å². The van der Waals surface area contributed by atoms with E-state index in [9.17, 15) is 9.90 Å². The maximum atomic E-state index is 11.3. The van der Waals surface area contributed by atoms with Gasteiger partial charge in [-0.15, -0.1) is 11.3 Å². The van der Waals surface area contributed by atoms with Gasteiger partial charge in [0.1, 0.15) is 5.41 Å². The Morgan fingerprint density at radius 1 is 1.76 bits per heavy atom. The Labute approximate surface area is 104 Å². The van der Waals surface area contributed by atoms with Gasteiger partial charge in [0.25, 0.3) is 0 Å².